The second kappa shape index (κ2) is 34.0. The standard InChI is InChI=1S/C59H81N11O16/c1-31(2)24-43(65-51(77)33(5)63-52(78)40(61)11-8-9-23-60)53(79)68-46(27-35-15-19-38(72)20-16-35)56(82)69-47(28-36-30-62-41-12-7-6-10-39(36)41)57(83)70-48(29-50(75)76)58(84)66-44(25-32(3)4)54(80)67-45(26-34-13-17-37(71)18-14-34)55(81)64-42(59(85)86)21-22-49(73)74/h6-7,10,12-20,30-33,40,42-48,62,71-72H,8-9,11,21-29,60-61H2,1-5H3,(H,63,78)(H,64,81)(H,65,77)(H,66,84)(H,67,80)(H,68,79)(H,69,82)(H,70,83)(H,73,74)(H,75,76)(H,85,86)/t33-,40-,42-,43-,44-,45-,46-,47-,48-/m0/s1. The van der Waals surface area contributed by atoms with Crippen molar-refractivity contribution in [1.82, 2.24) is 47.5 Å². The molecule has 27 nitrogen and oxygen atoms in total. The molecule has 18 N–H and O–H groups in total. The van der Waals surface area contributed by atoms with E-state index in [-0.39, 0.29) is 55.4 Å². The molecule has 0 saturated heterocycles. The first-order valence-electron chi connectivity index (χ1n) is 28.3. The molecule has 0 aliphatic heterocycles. The van der Waals surface area contributed by atoms with E-state index in [2.05, 4.69) is 47.5 Å². The van der Waals surface area contributed by atoms with Crippen LogP contribution in [0, 0.1) is 11.8 Å². The Kier molecular flexibility index (Phi) is 27.4. The van der Waals surface area contributed by atoms with Crippen LogP contribution in [0.1, 0.15) is 103 Å². The van der Waals surface area contributed by atoms with Crippen LogP contribution in [0.15, 0.2) is 79.0 Å². The number of hydrogen-bond donors (Lipinski definition) is 16. The summed E-state index contributed by atoms with van der Waals surface area (Å²) in [7, 11) is 0. The number of hydrogen-bond acceptors (Lipinski definition) is 15. The molecule has 86 heavy (non-hydrogen) atoms. The Morgan fingerprint density at radius 2 is 0.907 bits per heavy atom. The summed E-state index contributed by atoms with van der Waals surface area (Å²) in [5, 5.41) is 70.0. The van der Waals surface area contributed by atoms with Gasteiger partial charge in [0.2, 0.25) is 47.3 Å². The van der Waals surface area contributed by atoms with Gasteiger partial charge in [0.25, 0.3) is 0 Å². The number of aromatic nitrogens is 1. The summed E-state index contributed by atoms with van der Waals surface area (Å²) in [5.74, 6) is -12.7. The quantitative estimate of drug-likeness (QED) is 0.0275. The molecule has 0 fully saturated rings. The lowest BCUT2D eigenvalue weighted by Gasteiger charge is -2.28. The number of benzene rings is 3. The highest BCUT2D eigenvalue weighted by Crippen LogP contribution is 2.21. The molecule has 0 radical (unpaired) electrons. The van der Waals surface area contributed by atoms with Crippen LogP contribution in [0.2, 0.25) is 0 Å². The number of carbonyl (C=O) groups is 11. The summed E-state index contributed by atoms with van der Waals surface area (Å²) >= 11 is 0. The van der Waals surface area contributed by atoms with E-state index < -0.39 is 139 Å². The van der Waals surface area contributed by atoms with E-state index in [1.165, 1.54) is 55.5 Å². The fraction of sp³-hybridized carbons (Fsp3) is 0.475. The van der Waals surface area contributed by atoms with Crippen molar-refractivity contribution >= 4 is 76.1 Å². The van der Waals surface area contributed by atoms with Crippen LogP contribution in [0.5, 0.6) is 11.5 Å². The van der Waals surface area contributed by atoms with Crippen LogP contribution >= 0.6 is 0 Å². The molecule has 0 aliphatic rings. The first kappa shape index (κ1) is 69.4. The van der Waals surface area contributed by atoms with E-state index in [0.717, 1.165) is 0 Å². The number of phenols is 2. The van der Waals surface area contributed by atoms with Gasteiger partial charge in [0.05, 0.1) is 12.5 Å². The van der Waals surface area contributed by atoms with Gasteiger partial charge < -0.3 is 84.5 Å². The van der Waals surface area contributed by atoms with Gasteiger partial charge in [0.1, 0.15) is 59.8 Å². The average Bonchev–Trinajstić information content (AvgIpc) is 3.97. The summed E-state index contributed by atoms with van der Waals surface area (Å²) in [4.78, 5) is 152. The van der Waals surface area contributed by atoms with Crippen molar-refractivity contribution in [2.24, 2.45) is 23.3 Å². The van der Waals surface area contributed by atoms with Gasteiger partial charge in [-0.1, -0.05) is 76.6 Å². The van der Waals surface area contributed by atoms with Crippen molar-refractivity contribution in [3.8, 4) is 11.5 Å². The van der Waals surface area contributed by atoms with Gasteiger partial charge in [-0.05, 0) is 104 Å². The van der Waals surface area contributed by atoms with E-state index in [9.17, 15) is 78.3 Å². The predicted molar refractivity (Wildman–Crippen MR) is 313 cm³/mol. The number of nitrogens with one attached hydrogen (secondary N) is 9. The number of carboxylic acid groups (broad SMARTS) is 3. The van der Waals surface area contributed by atoms with Crippen molar-refractivity contribution in [3.63, 3.8) is 0 Å². The summed E-state index contributed by atoms with van der Waals surface area (Å²) in [6, 6.07) is 4.84. The average molecular weight is 1200 g/mol. The molecule has 468 valence electrons. The molecule has 9 atom stereocenters. The molecule has 0 saturated carbocycles. The van der Waals surface area contributed by atoms with Crippen LogP contribution in [0.3, 0.4) is 0 Å². The van der Waals surface area contributed by atoms with Gasteiger partial charge in [-0.3, -0.25) is 47.9 Å². The third-order valence-electron chi connectivity index (χ3n) is 13.8. The molecular weight excluding hydrogens is 1120 g/mol. The molecule has 0 aliphatic carbocycles. The highest BCUT2D eigenvalue weighted by Gasteiger charge is 2.36. The van der Waals surface area contributed by atoms with E-state index >= 15 is 0 Å². The van der Waals surface area contributed by atoms with Crippen LogP contribution in [-0.4, -0.2) is 157 Å². The largest absolute Gasteiger partial charge is 0.508 e. The second-order valence-corrected chi connectivity index (χ2v) is 22.0. The molecule has 0 bridgehead atoms. The summed E-state index contributed by atoms with van der Waals surface area (Å²) in [5.41, 5.74) is 13.5. The second-order valence-electron chi connectivity index (χ2n) is 22.0. The number of rotatable bonds is 36. The van der Waals surface area contributed by atoms with E-state index in [1.807, 2.05) is 0 Å². The van der Waals surface area contributed by atoms with Gasteiger partial charge in [0, 0.05) is 42.8 Å². The minimum atomic E-state index is -1.95. The van der Waals surface area contributed by atoms with E-state index in [1.54, 1.807) is 58.2 Å². The predicted octanol–water partition coefficient (Wildman–Crippen LogP) is 0.478. The monoisotopic (exact) mass is 1200 g/mol. The first-order chi connectivity index (χ1) is 40.6. The van der Waals surface area contributed by atoms with E-state index in [4.69, 9.17) is 11.5 Å². The lowest BCUT2D eigenvalue weighted by Crippen LogP contribution is -2.61. The number of aromatic hydroxyl groups is 2. The van der Waals surface area contributed by atoms with Gasteiger partial charge >= 0.3 is 17.9 Å². The number of unbranched alkanes of at least 4 members (excludes halogenated alkanes) is 1. The fourth-order valence-electron chi connectivity index (χ4n) is 9.15. The van der Waals surface area contributed by atoms with Gasteiger partial charge in [0.15, 0.2) is 0 Å². The van der Waals surface area contributed by atoms with E-state index in [0.29, 0.717) is 53.4 Å². The number of aromatic amines is 1. The Labute approximate surface area is 496 Å². The summed E-state index contributed by atoms with van der Waals surface area (Å²) in [6.07, 6.45) is 0.00246. The van der Waals surface area contributed by atoms with Crippen LogP contribution in [0.25, 0.3) is 10.9 Å². The number of amides is 8. The summed E-state index contributed by atoms with van der Waals surface area (Å²) in [6.45, 7) is 8.77. The number of carboxylic acids is 3. The number of aliphatic carboxylic acids is 3. The minimum Gasteiger partial charge on any atom is -0.508 e. The molecule has 27 heteroatoms. The molecule has 1 heterocycles. The normalized spacial score (nSPS) is 14.4. The SMILES string of the molecule is CC(C)C[C@H](NC(=O)[C@H](C)NC(=O)[C@@H](N)CCCCN)C(=O)N[C@@H](Cc1ccc(O)cc1)C(=O)N[C@@H](Cc1c[nH]c2ccccc12)C(=O)N[C@@H](CC(=O)O)C(=O)N[C@@H](CC(C)C)C(=O)N[C@@H](Cc1ccc(O)cc1)C(=O)N[C@@H](CCC(=O)O)C(=O)O. The third-order valence-corrected chi connectivity index (χ3v) is 13.8. The molecule has 8 amide bonds. The van der Waals surface area contributed by atoms with Crippen LogP contribution in [-0.2, 0) is 72.0 Å². The minimum absolute atomic E-state index is 0.0574. The Bertz CT molecular complexity index is 2990. The Hall–Kier alpha value is -9.11. The number of phenolic OH excluding ortho intramolecular Hbond substituents is 2. The Morgan fingerprint density at radius 1 is 0.477 bits per heavy atom. The highest BCUT2D eigenvalue weighted by atomic mass is 16.4. The highest BCUT2D eigenvalue weighted by molar-refractivity contribution is 5.99. The van der Waals surface area contributed by atoms with Crippen molar-refractivity contribution in [2.75, 3.05) is 6.54 Å². The van der Waals surface area contributed by atoms with Crippen molar-refractivity contribution in [2.45, 2.75) is 160 Å². The molecule has 0 spiro atoms. The maximum Gasteiger partial charge on any atom is 0.326 e. The number of H-pyrrole nitrogens is 1. The topological polar surface area (TPSA) is 453 Å². The number of para-hydroxylation sites is 1. The maximum absolute atomic E-state index is 14.8. The zero-order valence-corrected chi connectivity index (χ0v) is 48.7. The lowest BCUT2D eigenvalue weighted by molar-refractivity contribution is -0.143. The number of carbonyl (C=O) groups excluding carboxylic acids is 8. The number of fused-ring (bicyclic) bond motifs is 1. The van der Waals surface area contributed by atoms with Crippen LogP contribution in [0.4, 0.5) is 0 Å². The van der Waals surface area contributed by atoms with Crippen molar-refractivity contribution < 1.29 is 78.3 Å². The van der Waals surface area contributed by atoms with Crippen molar-refractivity contribution in [1.29, 1.82) is 0 Å². The third kappa shape index (κ3) is 23.2. The van der Waals surface area contributed by atoms with Crippen LogP contribution < -0.4 is 54.0 Å². The Balaban J connectivity index is 1.68. The molecule has 0 unspecified atom stereocenters. The molecular formula is C59H81N11O16. The fourth-order valence-corrected chi connectivity index (χ4v) is 9.15. The molecule has 3 aromatic carbocycles. The van der Waals surface area contributed by atoms with Crippen molar-refractivity contribution in [3.05, 3.63) is 95.7 Å². The Morgan fingerprint density at radius 3 is 1.37 bits per heavy atom. The first-order valence-corrected chi connectivity index (χ1v) is 28.3. The smallest absolute Gasteiger partial charge is 0.326 e. The molecule has 1 aromatic heterocycles. The molecule has 4 rings (SSSR count). The molecule has 4 aromatic rings. The maximum atomic E-state index is 14.8. The van der Waals surface area contributed by atoms with Gasteiger partial charge in [-0.25, -0.2) is 4.79 Å². The lowest BCUT2D eigenvalue weighted by atomic mass is 9.99. The number of nitrogens with two attached hydrogens (primary N) is 2. The zero-order valence-electron chi connectivity index (χ0n) is 48.7. The van der Waals surface area contributed by atoms with Gasteiger partial charge in [-0.15, -0.1) is 0 Å². The zero-order chi connectivity index (χ0) is 63.8. The van der Waals surface area contributed by atoms with Gasteiger partial charge in [-0.2, -0.15) is 0 Å². The summed E-state index contributed by atoms with van der Waals surface area (Å²) < 4.78 is 0.